The summed E-state index contributed by atoms with van der Waals surface area (Å²) in [5, 5.41) is 8.13. The maximum Gasteiger partial charge on any atom is 0.315 e. The monoisotopic (exact) mass is 401 g/mol. The van der Waals surface area contributed by atoms with Crippen molar-refractivity contribution in [3.8, 4) is 0 Å². The Bertz CT molecular complexity index is 829. The number of urea groups is 1. The van der Waals surface area contributed by atoms with Gasteiger partial charge in [-0.25, -0.2) is 9.18 Å². The van der Waals surface area contributed by atoms with Gasteiger partial charge in [0.15, 0.2) is 0 Å². The summed E-state index contributed by atoms with van der Waals surface area (Å²) in [6, 6.07) is 9.55. The van der Waals surface area contributed by atoms with Gasteiger partial charge in [0.2, 0.25) is 0 Å². The number of carbonyl (C=O) groups excluding carboxylic acids is 2. The van der Waals surface area contributed by atoms with Crippen LogP contribution in [0.4, 0.5) is 9.18 Å². The molecule has 1 aromatic carbocycles. The fourth-order valence-electron chi connectivity index (χ4n) is 2.88. The SMILES string of the molecule is CNC(=O)c1ccc(CC(CNC(=O)N[C@@H](C)c2ccccn2)N(C)C)cc1F. The third-order valence-corrected chi connectivity index (χ3v) is 4.68. The van der Waals surface area contributed by atoms with Crippen LogP contribution in [0.3, 0.4) is 0 Å². The van der Waals surface area contributed by atoms with E-state index in [4.69, 9.17) is 0 Å². The smallest absolute Gasteiger partial charge is 0.315 e. The zero-order valence-corrected chi connectivity index (χ0v) is 17.2. The van der Waals surface area contributed by atoms with Crippen LogP contribution in [0.25, 0.3) is 0 Å². The molecule has 1 unspecified atom stereocenters. The van der Waals surface area contributed by atoms with Gasteiger partial charge in [-0.15, -0.1) is 0 Å². The zero-order chi connectivity index (χ0) is 21.4. The molecule has 156 valence electrons. The Kier molecular flexibility index (Phi) is 8.09. The molecular weight excluding hydrogens is 373 g/mol. The second-order valence-corrected chi connectivity index (χ2v) is 7.05. The molecule has 0 saturated carbocycles. The van der Waals surface area contributed by atoms with Crippen LogP contribution in [0, 0.1) is 5.82 Å². The first kappa shape index (κ1) is 22.3. The van der Waals surface area contributed by atoms with Crippen molar-refractivity contribution >= 4 is 11.9 Å². The lowest BCUT2D eigenvalue weighted by Crippen LogP contribution is -2.45. The van der Waals surface area contributed by atoms with Gasteiger partial charge in [-0.05, 0) is 57.3 Å². The molecule has 1 heterocycles. The van der Waals surface area contributed by atoms with Crippen LogP contribution >= 0.6 is 0 Å². The van der Waals surface area contributed by atoms with E-state index in [-0.39, 0.29) is 23.7 Å². The van der Waals surface area contributed by atoms with Crippen molar-refractivity contribution in [3.05, 3.63) is 65.2 Å². The number of hydrogen-bond donors (Lipinski definition) is 3. The van der Waals surface area contributed by atoms with Crippen molar-refractivity contribution in [2.45, 2.75) is 25.4 Å². The lowest BCUT2D eigenvalue weighted by Gasteiger charge is -2.25. The van der Waals surface area contributed by atoms with Crippen LogP contribution in [-0.4, -0.2) is 55.6 Å². The van der Waals surface area contributed by atoms with Crippen molar-refractivity contribution in [2.24, 2.45) is 0 Å². The van der Waals surface area contributed by atoms with Crippen molar-refractivity contribution in [2.75, 3.05) is 27.7 Å². The van der Waals surface area contributed by atoms with Crippen molar-refractivity contribution in [1.29, 1.82) is 0 Å². The molecule has 0 radical (unpaired) electrons. The molecular formula is C21H28FN5O2. The topological polar surface area (TPSA) is 86.4 Å². The van der Waals surface area contributed by atoms with Gasteiger partial charge in [0.25, 0.3) is 5.91 Å². The third-order valence-electron chi connectivity index (χ3n) is 4.68. The molecule has 0 spiro atoms. The number of hydrogen-bond acceptors (Lipinski definition) is 4. The highest BCUT2D eigenvalue weighted by Gasteiger charge is 2.17. The molecule has 2 rings (SSSR count). The number of pyridine rings is 1. The largest absolute Gasteiger partial charge is 0.355 e. The van der Waals surface area contributed by atoms with E-state index in [1.165, 1.54) is 19.2 Å². The first-order valence-electron chi connectivity index (χ1n) is 9.44. The Morgan fingerprint density at radius 1 is 1.21 bits per heavy atom. The summed E-state index contributed by atoms with van der Waals surface area (Å²) in [5.74, 6) is -1.02. The standard InChI is InChI=1S/C21H28FN5O2/c1-14(19-7-5-6-10-24-19)26-21(29)25-13-16(27(3)4)11-15-8-9-17(18(22)12-15)20(28)23-2/h5-10,12,14,16H,11,13H2,1-4H3,(H,23,28)(H2,25,26,29)/t14-,16?/m0/s1. The molecule has 0 aliphatic rings. The molecule has 3 N–H and O–H groups in total. The van der Waals surface area contributed by atoms with Gasteiger partial charge in [-0.3, -0.25) is 9.78 Å². The number of rotatable bonds is 8. The second-order valence-electron chi connectivity index (χ2n) is 7.05. The molecule has 2 aromatic rings. The third kappa shape index (κ3) is 6.53. The maximum atomic E-state index is 14.2. The molecule has 0 saturated heterocycles. The zero-order valence-electron chi connectivity index (χ0n) is 17.2. The normalized spacial score (nSPS) is 12.9. The van der Waals surface area contributed by atoms with Crippen LogP contribution < -0.4 is 16.0 Å². The highest BCUT2D eigenvalue weighted by molar-refractivity contribution is 5.94. The summed E-state index contributed by atoms with van der Waals surface area (Å²) >= 11 is 0. The van der Waals surface area contributed by atoms with Gasteiger partial charge < -0.3 is 20.9 Å². The van der Waals surface area contributed by atoms with E-state index >= 15 is 0 Å². The van der Waals surface area contributed by atoms with E-state index in [0.29, 0.717) is 13.0 Å². The van der Waals surface area contributed by atoms with Crippen LogP contribution in [0.5, 0.6) is 0 Å². The number of nitrogens with one attached hydrogen (secondary N) is 3. The number of aromatic nitrogens is 1. The van der Waals surface area contributed by atoms with Gasteiger partial charge >= 0.3 is 6.03 Å². The highest BCUT2D eigenvalue weighted by atomic mass is 19.1. The summed E-state index contributed by atoms with van der Waals surface area (Å²) in [4.78, 5) is 30.1. The Morgan fingerprint density at radius 3 is 2.55 bits per heavy atom. The van der Waals surface area contributed by atoms with Gasteiger partial charge in [0, 0.05) is 25.8 Å². The van der Waals surface area contributed by atoms with Crippen LogP contribution in [0.15, 0.2) is 42.6 Å². The molecule has 2 atom stereocenters. The molecule has 0 fully saturated rings. The number of nitrogens with zero attached hydrogens (tertiary/aromatic N) is 2. The predicted molar refractivity (Wildman–Crippen MR) is 110 cm³/mol. The summed E-state index contributed by atoms with van der Waals surface area (Å²) in [6.45, 7) is 2.24. The Morgan fingerprint density at radius 2 is 1.97 bits per heavy atom. The molecule has 0 aliphatic heterocycles. The van der Waals surface area contributed by atoms with E-state index in [0.717, 1.165) is 11.3 Å². The van der Waals surface area contributed by atoms with E-state index in [1.54, 1.807) is 12.3 Å². The predicted octanol–water partition coefficient (Wildman–Crippen LogP) is 2.11. The lowest BCUT2D eigenvalue weighted by atomic mass is 10.0. The highest BCUT2D eigenvalue weighted by Crippen LogP contribution is 2.14. The Labute approximate surface area is 170 Å². The molecule has 29 heavy (non-hydrogen) atoms. The van der Waals surface area contributed by atoms with Crippen LogP contribution in [0.2, 0.25) is 0 Å². The lowest BCUT2D eigenvalue weighted by molar-refractivity contribution is 0.0959. The van der Waals surface area contributed by atoms with Gasteiger partial charge in [0.05, 0.1) is 17.3 Å². The summed E-state index contributed by atoms with van der Waals surface area (Å²) in [7, 11) is 5.26. The maximum absolute atomic E-state index is 14.2. The number of halogens is 1. The Balaban J connectivity index is 1.94. The minimum absolute atomic E-state index is 0.0127. The molecule has 3 amide bonds. The van der Waals surface area contributed by atoms with Crippen molar-refractivity contribution in [1.82, 2.24) is 25.8 Å². The van der Waals surface area contributed by atoms with E-state index in [2.05, 4.69) is 20.9 Å². The number of benzene rings is 1. The van der Waals surface area contributed by atoms with E-state index in [1.807, 2.05) is 44.1 Å². The van der Waals surface area contributed by atoms with Gasteiger partial charge in [0.1, 0.15) is 5.82 Å². The minimum atomic E-state index is -0.561. The van der Waals surface area contributed by atoms with E-state index < -0.39 is 11.7 Å². The minimum Gasteiger partial charge on any atom is -0.355 e. The molecule has 0 bridgehead atoms. The summed E-state index contributed by atoms with van der Waals surface area (Å²) < 4.78 is 14.2. The number of likely N-dealkylation sites (N-methyl/N-ethyl adjacent to an activating group) is 1. The number of amides is 3. The molecule has 1 aromatic heterocycles. The van der Waals surface area contributed by atoms with Gasteiger partial charge in [-0.1, -0.05) is 12.1 Å². The number of carbonyl (C=O) groups is 2. The molecule has 8 heteroatoms. The quantitative estimate of drug-likeness (QED) is 0.632. The van der Waals surface area contributed by atoms with Crippen molar-refractivity contribution < 1.29 is 14.0 Å². The van der Waals surface area contributed by atoms with Gasteiger partial charge in [-0.2, -0.15) is 0 Å². The average molecular weight is 401 g/mol. The molecule has 0 aliphatic carbocycles. The summed E-state index contributed by atoms with van der Waals surface area (Å²) in [5.41, 5.74) is 1.54. The van der Waals surface area contributed by atoms with Crippen LogP contribution in [-0.2, 0) is 6.42 Å². The average Bonchev–Trinajstić information content (AvgIpc) is 2.71. The fourth-order valence-corrected chi connectivity index (χ4v) is 2.88. The van der Waals surface area contributed by atoms with Crippen molar-refractivity contribution in [3.63, 3.8) is 0 Å². The first-order chi connectivity index (χ1) is 13.8. The Hall–Kier alpha value is -3.00. The fraction of sp³-hybridized carbons (Fsp3) is 0.381. The van der Waals surface area contributed by atoms with E-state index in [9.17, 15) is 14.0 Å². The first-order valence-corrected chi connectivity index (χ1v) is 9.44. The summed E-state index contributed by atoms with van der Waals surface area (Å²) in [6.07, 6.45) is 2.20. The van der Waals surface area contributed by atoms with Crippen LogP contribution in [0.1, 0.15) is 34.6 Å². The molecule has 7 nitrogen and oxygen atoms in total. The second kappa shape index (κ2) is 10.5.